The van der Waals surface area contributed by atoms with Crippen molar-refractivity contribution in [1.29, 1.82) is 0 Å². The third-order valence-electron chi connectivity index (χ3n) is 4.00. The topological polar surface area (TPSA) is 93.1 Å². The molecule has 1 heterocycles. The first-order chi connectivity index (χ1) is 9.83. The van der Waals surface area contributed by atoms with Crippen LogP contribution >= 0.6 is 0 Å². The summed E-state index contributed by atoms with van der Waals surface area (Å²) in [5.74, 6) is -0.352. The standard InChI is InChI=1S/C13H22N4O3S/c1-9-12(10(2)17(3)15-9)21(19,20)16-14-13(18)11-7-5-4-6-8-11/h11,16H,4-8H2,1-3H3,(H,14,18). The first kappa shape index (κ1) is 16.0. The summed E-state index contributed by atoms with van der Waals surface area (Å²) >= 11 is 0. The van der Waals surface area contributed by atoms with E-state index in [0.29, 0.717) is 11.4 Å². The molecule has 21 heavy (non-hydrogen) atoms. The smallest absolute Gasteiger partial charge is 0.261 e. The average Bonchev–Trinajstić information content (AvgIpc) is 2.71. The third-order valence-corrected chi connectivity index (χ3v) is 5.49. The number of hydrazine groups is 1. The van der Waals surface area contributed by atoms with Crippen molar-refractivity contribution in [2.75, 3.05) is 0 Å². The molecule has 0 radical (unpaired) electrons. The summed E-state index contributed by atoms with van der Waals surface area (Å²) in [5.41, 5.74) is 3.29. The monoisotopic (exact) mass is 314 g/mol. The number of nitrogens with zero attached hydrogens (tertiary/aromatic N) is 2. The van der Waals surface area contributed by atoms with Crippen molar-refractivity contribution in [3.63, 3.8) is 0 Å². The first-order valence-electron chi connectivity index (χ1n) is 7.15. The van der Waals surface area contributed by atoms with Gasteiger partial charge in [0.15, 0.2) is 0 Å². The molecule has 8 heteroatoms. The van der Waals surface area contributed by atoms with E-state index in [-0.39, 0.29) is 16.7 Å². The fourth-order valence-corrected chi connectivity index (χ4v) is 4.07. The van der Waals surface area contributed by atoms with Gasteiger partial charge in [-0.05, 0) is 26.7 Å². The Labute approximate surface area is 125 Å². The molecular weight excluding hydrogens is 292 g/mol. The molecule has 0 atom stereocenters. The average molecular weight is 314 g/mol. The second-order valence-electron chi connectivity index (χ2n) is 5.55. The maximum absolute atomic E-state index is 12.3. The summed E-state index contributed by atoms with van der Waals surface area (Å²) in [6.07, 6.45) is 4.82. The van der Waals surface area contributed by atoms with Gasteiger partial charge < -0.3 is 0 Å². The molecule has 7 nitrogen and oxygen atoms in total. The molecule has 1 aromatic heterocycles. The van der Waals surface area contributed by atoms with Crippen LogP contribution in [0.25, 0.3) is 0 Å². The lowest BCUT2D eigenvalue weighted by Gasteiger charge is -2.20. The van der Waals surface area contributed by atoms with Crippen LogP contribution in [-0.2, 0) is 21.9 Å². The lowest BCUT2D eigenvalue weighted by molar-refractivity contribution is -0.126. The lowest BCUT2D eigenvalue weighted by Crippen LogP contribution is -2.45. The number of sulfonamides is 1. The molecule has 0 saturated heterocycles. The predicted molar refractivity (Wildman–Crippen MR) is 77.7 cm³/mol. The second-order valence-corrected chi connectivity index (χ2v) is 7.17. The van der Waals surface area contributed by atoms with Crippen LogP contribution in [0, 0.1) is 19.8 Å². The maximum Gasteiger partial charge on any atom is 0.261 e. The van der Waals surface area contributed by atoms with Gasteiger partial charge in [0.1, 0.15) is 4.90 Å². The van der Waals surface area contributed by atoms with Gasteiger partial charge in [0.25, 0.3) is 10.0 Å². The maximum atomic E-state index is 12.3. The minimum atomic E-state index is -3.80. The number of amides is 1. The van der Waals surface area contributed by atoms with Gasteiger partial charge in [-0.3, -0.25) is 14.9 Å². The van der Waals surface area contributed by atoms with Crippen LogP contribution in [0.2, 0.25) is 0 Å². The summed E-state index contributed by atoms with van der Waals surface area (Å²) in [6, 6.07) is 0. The van der Waals surface area contributed by atoms with E-state index in [0.717, 1.165) is 32.1 Å². The number of nitrogens with one attached hydrogen (secondary N) is 2. The van der Waals surface area contributed by atoms with Crippen molar-refractivity contribution in [2.24, 2.45) is 13.0 Å². The van der Waals surface area contributed by atoms with E-state index in [1.807, 2.05) is 0 Å². The number of hydrogen-bond acceptors (Lipinski definition) is 4. The van der Waals surface area contributed by atoms with Gasteiger partial charge in [0, 0.05) is 13.0 Å². The summed E-state index contributed by atoms with van der Waals surface area (Å²) < 4.78 is 26.1. The molecule has 0 bridgehead atoms. The molecule has 1 aliphatic carbocycles. The fraction of sp³-hybridized carbons (Fsp3) is 0.692. The molecule has 1 aromatic rings. The zero-order valence-corrected chi connectivity index (χ0v) is 13.5. The normalized spacial score (nSPS) is 16.9. The Morgan fingerprint density at radius 2 is 1.86 bits per heavy atom. The number of aromatic nitrogens is 2. The summed E-state index contributed by atoms with van der Waals surface area (Å²) in [7, 11) is -2.12. The Balaban J connectivity index is 2.06. The van der Waals surface area contributed by atoms with Gasteiger partial charge in [0.2, 0.25) is 5.91 Å². The highest BCUT2D eigenvalue weighted by Crippen LogP contribution is 2.23. The minimum absolute atomic E-state index is 0.0995. The van der Waals surface area contributed by atoms with Crippen molar-refractivity contribution >= 4 is 15.9 Å². The summed E-state index contributed by atoms with van der Waals surface area (Å²) in [5, 5.41) is 4.08. The van der Waals surface area contributed by atoms with Crippen molar-refractivity contribution in [3.8, 4) is 0 Å². The molecule has 0 aliphatic heterocycles. The van der Waals surface area contributed by atoms with Crippen LogP contribution in [0.15, 0.2) is 4.90 Å². The molecule has 2 rings (SSSR count). The van der Waals surface area contributed by atoms with Crippen LogP contribution in [0.3, 0.4) is 0 Å². The van der Waals surface area contributed by atoms with E-state index in [4.69, 9.17) is 0 Å². The molecule has 0 aromatic carbocycles. The van der Waals surface area contributed by atoms with E-state index < -0.39 is 10.0 Å². The molecule has 1 aliphatic rings. The van der Waals surface area contributed by atoms with Gasteiger partial charge in [-0.2, -0.15) is 5.10 Å². The van der Waals surface area contributed by atoms with Gasteiger partial charge in [-0.1, -0.05) is 19.3 Å². The van der Waals surface area contributed by atoms with Crippen LogP contribution < -0.4 is 10.3 Å². The summed E-state index contributed by atoms with van der Waals surface area (Å²) in [6.45, 7) is 3.31. The molecule has 1 saturated carbocycles. The minimum Gasteiger partial charge on any atom is -0.277 e. The van der Waals surface area contributed by atoms with Crippen LogP contribution in [0.5, 0.6) is 0 Å². The molecule has 118 valence electrons. The quantitative estimate of drug-likeness (QED) is 0.808. The Hall–Kier alpha value is -1.41. The van der Waals surface area contributed by atoms with Crippen molar-refractivity contribution < 1.29 is 13.2 Å². The van der Waals surface area contributed by atoms with Gasteiger partial charge in [-0.25, -0.2) is 8.42 Å². The Morgan fingerprint density at radius 1 is 1.24 bits per heavy atom. The second kappa shape index (κ2) is 6.15. The SMILES string of the molecule is Cc1nn(C)c(C)c1S(=O)(=O)NNC(=O)C1CCCCC1. The van der Waals surface area contributed by atoms with Gasteiger partial charge >= 0.3 is 0 Å². The molecule has 1 fully saturated rings. The predicted octanol–water partition coefficient (Wildman–Crippen LogP) is 0.927. The van der Waals surface area contributed by atoms with Gasteiger partial charge in [-0.15, -0.1) is 4.83 Å². The van der Waals surface area contributed by atoms with E-state index in [9.17, 15) is 13.2 Å². The Morgan fingerprint density at radius 3 is 2.38 bits per heavy atom. The zero-order valence-electron chi connectivity index (χ0n) is 12.6. The zero-order chi connectivity index (χ0) is 15.6. The van der Waals surface area contributed by atoms with Crippen molar-refractivity contribution in [1.82, 2.24) is 20.0 Å². The molecule has 1 amide bonds. The number of aryl methyl sites for hydroxylation is 2. The Bertz CT molecular complexity index is 630. The number of rotatable bonds is 4. The third kappa shape index (κ3) is 3.44. The van der Waals surface area contributed by atoms with E-state index in [1.54, 1.807) is 20.9 Å². The van der Waals surface area contributed by atoms with Crippen molar-refractivity contribution in [2.45, 2.75) is 50.8 Å². The van der Waals surface area contributed by atoms with Crippen LogP contribution in [0.1, 0.15) is 43.5 Å². The number of carbonyl (C=O) groups is 1. The van der Waals surface area contributed by atoms with E-state index in [1.165, 1.54) is 4.68 Å². The molecular formula is C13H22N4O3S. The number of carbonyl (C=O) groups excluding carboxylic acids is 1. The molecule has 0 spiro atoms. The highest BCUT2D eigenvalue weighted by Gasteiger charge is 2.26. The molecule has 0 unspecified atom stereocenters. The lowest BCUT2D eigenvalue weighted by atomic mass is 9.89. The number of hydrogen-bond donors (Lipinski definition) is 2. The summed E-state index contributed by atoms with van der Waals surface area (Å²) in [4.78, 5) is 14.3. The van der Waals surface area contributed by atoms with E-state index >= 15 is 0 Å². The largest absolute Gasteiger partial charge is 0.277 e. The Kier molecular flexibility index (Phi) is 4.67. The fourth-order valence-electron chi connectivity index (χ4n) is 2.78. The van der Waals surface area contributed by atoms with Gasteiger partial charge in [0.05, 0.1) is 11.4 Å². The highest BCUT2D eigenvalue weighted by atomic mass is 32.2. The molecule has 2 N–H and O–H groups in total. The van der Waals surface area contributed by atoms with E-state index in [2.05, 4.69) is 15.4 Å². The van der Waals surface area contributed by atoms with Crippen molar-refractivity contribution in [3.05, 3.63) is 11.4 Å². The highest BCUT2D eigenvalue weighted by molar-refractivity contribution is 7.89. The first-order valence-corrected chi connectivity index (χ1v) is 8.63. The van der Waals surface area contributed by atoms with Crippen LogP contribution in [0.4, 0.5) is 0 Å². The van der Waals surface area contributed by atoms with Crippen LogP contribution in [-0.4, -0.2) is 24.1 Å².